The van der Waals surface area contributed by atoms with Gasteiger partial charge in [0, 0.05) is 6.42 Å². The van der Waals surface area contributed by atoms with Crippen LogP contribution in [0, 0.1) is 0 Å². The molecule has 0 rings (SSSR count). The van der Waals surface area contributed by atoms with Crippen molar-refractivity contribution >= 4 is 11.9 Å². The van der Waals surface area contributed by atoms with E-state index in [0.29, 0.717) is 19.3 Å². The van der Waals surface area contributed by atoms with Crippen molar-refractivity contribution in [1.29, 1.82) is 0 Å². The van der Waals surface area contributed by atoms with Crippen LogP contribution < -0.4 is 5.32 Å². The summed E-state index contributed by atoms with van der Waals surface area (Å²) in [6.45, 7) is 6.32. The molecule has 0 spiro atoms. The van der Waals surface area contributed by atoms with Gasteiger partial charge >= 0.3 is 5.97 Å². The fourth-order valence-electron chi connectivity index (χ4n) is 7.82. The second-order valence-electron chi connectivity index (χ2n) is 18.0. The zero-order valence-corrected chi connectivity index (χ0v) is 41.9. The van der Waals surface area contributed by atoms with Crippen LogP contribution >= 0.6 is 0 Å². The molecular formula is C58H101NO5. The molecule has 0 bridgehead atoms. The number of esters is 1. The van der Waals surface area contributed by atoms with Gasteiger partial charge in [0.25, 0.3) is 0 Å². The Balaban J connectivity index is 4.70. The summed E-state index contributed by atoms with van der Waals surface area (Å²) in [6.07, 6.45) is 66.5. The van der Waals surface area contributed by atoms with Gasteiger partial charge in [-0.05, 0) is 64.2 Å². The number of hydrogen-bond acceptors (Lipinski definition) is 5. The maximum Gasteiger partial charge on any atom is 0.306 e. The molecule has 3 atom stereocenters. The first-order chi connectivity index (χ1) is 31.5. The first-order valence-electron chi connectivity index (χ1n) is 26.9. The molecule has 64 heavy (non-hydrogen) atoms. The smallest absolute Gasteiger partial charge is 0.306 e. The topological polar surface area (TPSA) is 95.9 Å². The Morgan fingerprint density at radius 2 is 0.875 bits per heavy atom. The van der Waals surface area contributed by atoms with Crippen LogP contribution in [0.1, 0.15) is 245 Å². The summed E-state index contributed by atoms with van der Waals surface area (Å²) in [5, 5.41) is 23.8. The third-order valence-corrected chi connectivity index (χ3v) is 11.9. The Hall–Kier alpha value is -2.96. The van der Waals surface area contributed by atoms with Crippen molar-refractivity contribution in [3.05, 3.63) is 85.1 Å². The molecule has 1 amide bonds. The number of unbranched alkanes of at least 4 members (excludes halogenated alkanes) is 26. The molecule has 3 N–H and O–H groups in total. The van der Waals surface area contributed by atoms with Crippen LogP contribution in [0.15, 0.2) is 85.1 Å². The highest BCUT2D eigenvalue weighted by molar-refractivity contribution is 5.77. The van der Waals surface area contributed by atoms with Gasteiger partial charge in [0.2, 0.25) is 5.91 Å². The van der Waals surface area contributed by atoms with Gasteiger partial charge in [-0.2, -0.15) is 0 Å². The molecule has 0 aromatic carbocycles. The summed E-state index contributed by atoms with van der Waals surface area (Å²) >= 11 is 0. The van der Waals surface area contributed by atoms with Gasteiger partial charge in [0.1, 0.15) is 6.10 Å². The number of amides is 1. The SMILES string of the molecule is CC\C=C/C=C/C=C/C=C\C=C\C=C\CCCC(CC(=O)NC(CO)C(O)CCCCCCCCCCCCCCCCCC)OC(=O)CCCCC/C=C\CCCCCCCCC. The Bertz CT molecular complexity index is 1230. The lowest BCUT2D eigenvalue weighted by Crippen LogP contribution is -2.46. The molecule has 0 heterocycles. The number of carbonyl (C=O) groups is 2. The summed E-state index contributed by atoms with van der Waals surface area (Å²) in [6, 6.07) is -0.733. The monoisotopic (exact) mass is 892 g/mol. The predicted molar refractivity (Wildman–Crippen MR) is 278 cm³/mol. The second-order valence-corrected chi connectivity index (χ2v) is 18.0. The number of ether oxygens (including phenoxy) is 1. The Morgan fingerprint density at radius 3 is 1.34 bits per heavy atom. The Morgan fingerprint density at radius 1 is 0.469 bits per heavy atom. The van der Waals surface area contributed by atoms with Crippen LogP contribution in [-0.4, -0.2) is 46.9 Å². The van der Waals surface area contributed by atoms with E-state index >= 15 is 0 Å². The van der Waals surface area contributed by atoms with Crippen LogP contribution in [0.5, 0.6) is 0 Å². The number of aliphatic hydroxyl groups excluding tert-OH is 2. The molecule has 3 unspecified atom stereocenters. The predicted octanol–water partition coefficient (Wildman–Crippen LogP) is 16.3. The van der Waals surface area contributed by atoms with Crippen molar-refractivity contribution in [2.24, 2.45) is 0 Å². The number of carbonyl (C=O) groups excluding carboxylic acids is 2. The highest BCUT2D eigenvalue weighted by Gasteiger charge is 2.24. The standard InChI is InChI=1S/C58H101NO5/c1-4-7-10-13-16-19-22-25-28-30-32-35-38-41-44-47-50-56(61)55(53-60)59-57(62)52-54(49-46-43-40-37-34-31-29-26-23-20-17-14-11-8-5-2)64-58(63)51-48-45-42-39-36-33-27-24-21-18-15-12-9-6-3/h8,11,14,17,20,23,26,29,31,33-34,36-37,40,54-56,60-61H,4-7,9-10,12-13,15-16,18-19,21-22,24-25,27-28,30,32,35,38-39,41-53H2,1-3H3,(H,59,62)/b11-8-,17-14+,23-20+,29-26-,34-31+,36-33-,40-37+. The van der Waals surface area contributed by atoms with E-state index in [9.17, 15) is 19.8 Å². The third kappa shape index (κ3) is 45.6. The fourth-order valence-corrected chi connectivity index (χ4v) is 7.82. The molecule has 0 saturated carbocycles. The van der Waals surface area contributed by atoms with E-state index in [-0.39, 0.29) is 24.9 Å². The van der Waals surface area contributed by atoms with E-state index in [1.165, 1.54) is 128 Å². The van der Waals surface area contributed by atoms with E-state index < -0.39 is 18.2 Å². The minimum Gasteiger partial charge on any atom is -0.462 e. The van der Waals surface area contributed by atoms with Crippen LogP contribution in [0.2, 0.25) is 0 Å². The number of nitrogens with one attached hydrogen (secondary N) is 1. The first-order valence-corrected chi connectivity index (χ1v) is 26.9. The zero-order chi connectivity index (χ0) is 46.7. The van der Waals surface area contributed by atoms with Crippen molar-refractivity contribution in [2.75, 3.05) is 6.61 Å². The van der Waals surface area contributed by atoms with E-state index in [1.807, 2.05) is 60.8 Å². The summed E-state index contributed by atoms with van der Waals surface area (Å²) in [4.78, 5) is 26.2. The van der Waals surface area contributed by atoms with Crippen LogP contribution in [-0.2, 0) is 14.3 Å². The number of aliphatic hydroxyl groups is 2. The van der Waals surface area contributed by atoms with Gasteiger partial charge in [-0.25, -0.2) is 0 Å². The molecule has 0 aromatic heterocycles. The van der Waals surface area contributed by atoms with Crippen molar-refractivity contribution in [3.63, 3.8) is 0 Å². The highest BCUT2D eigenvalue weighted by atomic mass is 16.5. The van der Waals surface area contributed by atoms with Gasteiger partial charge < -0.3 is 20.3 Å². The zero-order valence-electron chi connectivity index (χ0n) is 41.9. The van der Waals surface area contributed by atoms with E-state index in [4.69, 9.17) is 4.74 Å². The second kappa shape index (κ2) is 51.0. The minimum absolute atomic E-state index is 0.0174. The van der Waals surface area contributed by atoms with Gasteiger partial charge in [-0.15, -0.1) is 0 Å². The van der Waals surface area contributed by atoms with Crippen LogP contribution in [0.25, 0.3) is 0 Å². The molecular weight excluding hydrogens is 791 g/mol. The normalized spacial score (nSPS) is 13.9. The lowest BCUT2D eigenvalue weighted by Gasteiger charge is -2.24. The molecule has 368 valence electrons. The largest absolute Gasteiger partial charge is 0.462 e. The van der Waals surface area contributed by atoms with Crippen LogP contribution in [0.3, 0.4) is 0 Å². The van der Waals surface area contributed by atoms with Gasteiger partial charge in [-0.1, -0.05) is 254 Å². The average molecular weight is 892 g/mol. The van der Waals surface area contributed by atoms with E-state index in [2.05, 4.69) is 50.4 Å². The summed E-state index contributed by atoms with van der Waals surface area (Å²) in [5.74, 6) is -0.569. The van der Waals surface area contributed by atoms with Gasteiger partial charge in [0.15, 0.2) is 0 Å². The Kier molecular flexibility index (Phi) is 48.7. The lowest BCUT2D eigenvalue weighted by atomic mass is 10.0. The van der Waals surface area contributed by atoms with Gasteiger partial charge in [0.05, 0.1) is 25.2 Å². The van der Waals surface area contributed by atoms with E-state index in [0.717, 1.165) is 70.6 Å². The molecule has 0 aliphatic rings. The van der Waals surface area contributed by atoms with Gasteiger partial charge in [-0.3, -0.25) is 9.59 Å². The highest BCUT2D eigenvalue weighted by Crippen LogP contribution is 2.17. The fraction of sp³-hybridized carbons (Fsp3) is 0.724. The quantitative estimate of drug-likeness (QED) is 0.0245. The molecule has 6 nitrogen and oxygen atoms in total. The Labute approximate surface area is 395 Å². The lowest BCUT2D eigenvalue weighted by molar-refractivity contribution is -0.151. The average Bonchev–Trinajstić information content (AvgIpc) is 3.29. The van der Waals surface area contributed by atoms with Crippen molar-refractivity contribution in [1.82, 2.24) is 5.32 Å². The van der Waals surface area contributed by atoms with Crippen molar-refractivity contribution in [3.8, 4) is 0 Å². The molecule has 0 aliphatic heterocycles. The number of hydrogen-bond donors (Lipinski definition) is 3. The number of rotatable bonds is 47. The van der Waals surface area contributed by atoms with Crippen molar-refractivity contribution < 1.29 is 24.5 Å². The summed E-state index contributed by atoms with van der Waals surface area (Å²) in [7, 11) is 0. The van der Waals surface area contributed by atoms with Crippen molar-refractivity contribution in [2.45, 2.75) is 264 Å². The molecule has 6 heteroatoms. The maximum atomic E-state index is 13.2. The summed E-state index contributed by atoms with van der Waals surface area (Å²) in [5.41, 5.74) is 0. The molecule has 0 aliphatic carbocycles. The molecule has 0 saturated heterocycles. The van der Waals surface area contributed by atoms with Crippen LogP contribution in [0.4, 0.5) is 0 Å². The summed E-state index contributed by atoms with van der Waals surface area (Å²) < 4.78 is 5.89. The maximum absolute atomic E-state index is 13.2. The molecule has 0 radical (unpaired) electrons. The number of allylic oxidation sites excluding steroid dienone is 14. The first kappa shape index (κ1) is 61.0. The molecule has 0 fully saturated rings. The minimum atomic E-state index is -0.814. The third-order valence-electron chi connectivity index (χ3n) is 11.9. The molecule has 0 aromatic rings. The van der Waals surface area contributed by atoms with E-state index in [1.54, 1.807) is 0 Å².